The van der Waals surface area contributed by atoms with Crippen LogP contribution in [0.3, 0.4) is 0 Å². The molecule has 1 saturated heterocycles. The summed E-state index contributed by atoms with van der Waals surface area (Å²) in [7, 11) is 0. The van der Waals surface area contributed by atoms with Gasteiger partial charge < -0.3 is 10.8 Å². The van der Waals surface area contributed by atoms with Gasteiger partial charge in [0.05, 0.1) is 5.52 Å². The molecular weight excluding hydrogens is 376 g/mol. The predicted octanol–water partition coefficient (Wildman–Crippen LogP) is 2.57. The van der Waals surface area contributed by atoms with Crippen LogP contribution >= 0.6 is 0 Å². The molecule has 0 amide bonds. The molecule has 7 nitrogen and oxygen atoms in total. The number of hydrogen-bond acceptors (Lipinski definition) is 6. The smallest absolute Gasteiger partial charge is 0.187 e. The average molecular weight is 403 g/mol. The minimum atomic E-state index is 0.128. The van der Waals surface area contributed by atoms with Crippen molar-refractivity contribution in [1.29, 1.82) is 0 Å². The number of likely N-dealkylation sites (tertiary alicyclic amines) is 1. The Morgan fingerprint density at radius 2 is 2.03 bits per heavy atom. The molecule has 30 heavy (non-hydrogen) atoms. The molecule has 1 aliphatic heterocycles. The highest BCUT2D eigenvalue weighted by Crippen LogP contribution is 2.27. The van der Waals surface area contributed by atoms with Gasteiger partial charge in [-0.2, -0.15) is 0 Å². The van der Waals surface area contributed by atoms with Crippen molar-refractivity contribution in [3.8, 4) is 11.5 Å². The van der Waals surface area contributed by atoms with Gasteiger partial charge in [0, 0.05) is 43.4 Å². The first-order valence-corrected chi connectivity index (χ1v) is 10.5. The number of hydrogen-bond donors (Lipinski definition) is 2. The number of pyridine rings is 2. The van der Waals surface area contributed by atoms with Crippen molar-refractivity contribution in [2.24, 2.45) is 5.73 Å². The summed E-state index contributed by atoms with van der Waals surface area (Å²) in [5.41, 5.74) is 10.9. The van der Waals surface area contributed by atoms with E-state index in [1.807, 2.05) is 34.7 Å². The summed E-state index contributed by atoms with van der Waals surface area (Å²) in [4.78, 5) is 7.26. The number of aliphatic hydroxyl groups is 1. The van der Waals surface area contributed by atoms with Gasteiger partial charge in [-0.3, -0.25) is 9.30 Å². The van der Waals surface area contributed by atoms with E-state index in [-0.39, 0.29) is 18.7 Å². The van der Waals surface area contributed by atoms with Crippen LogP contribution in [-0.2, 0) is 6.42 Å². The molecule has 0 bridgehead atoms. The number of fused-ring (bicyclic) bond motifs is 2. The summed E-state index contributed by atoms with van der Waals surface area (Å²) >= 11 is 0. The van der Waals surface area contributed by atoms with Crippen molar-refractivity contribution in [3.63, 3.8) is 0 Å². The topological polar surface area (TPSA) is 92.6 Å². The van der Waals surface area contributed by atoms with Crippen LogP contribution in [0.4, 0.5) is 0 Å². The van der Waals surface area contributed by atoms with Crippen LogP contribution < -0.4 is 5.73 Å². The zero-order valence-electron chi connectivity index (χ0n) is 17.1. The summed E-state index contributed by atoms with van der Waals surface area (Å²) in [6.45, 7) is 4.30. The average Bonchev–Trinajstić information content (AvgIpc) is 3.38. The summed E-state index contributed by atoms with van der Waals surface area (Å²) in [6.07, 6.45) is 3.79. The van der Waals surface area contributed by atoms with E-state index in [0.29, 0.717) is 6.42 Å². The SMILES string of the molecule is C[C@@H](c1ccc2nnc(-c3ccc4ccc(CCO)cc4n3)n2c1)N1CC[C@H](N)C1. The molecular formula is C23H26N6O. The molecule has 0 aliphatic carbocycles. The van der Waals surface area contributed by atoms with E-state index < -0.39 is 0 Å². The van der Waals surface area contributed by atoms with Crippen LogP contribution in [0.15, 0.2) is 48.7 Å². The number of benzene rings is 1. The summed E-state index contributed by atoms with van der Waals surface area (Å²) in [5, 5.41) is 19.0. The third-order valence-electron chi connectivity index (χ3n) is 6.10. The van der Waals surface area contributed by atoms with Gasteiger partial charge >= 0.3 is 0 Å². The normalized spacial score (nSPS) is 18.4. The number of rotatable bonds is 5. The monoisotopic (exact) mass is 402 g/mol. The molecule has 0 saturated carbocycles. The Hall–Kier alpha value is -2.87. The number of aliphatic hydroxyl groups excluding tert-OH is 1. The van der Waals surface area contributed by atoms with Gasteiger partial charge in [0.2, 0.25) is 0 Å². The van der Waals surface area contributed by atoms with E-state index in [0.717, 1.165) is 53.1 Å². The summed E-state index contributed by atoms with van der Waals surface area (Å²) < 4.78 is 2.02. The lowest BCUT2D eigenvalue weighted by atomic mass is 10.1. The number of nitrogens with zero attached hydrogens (tertiary/aromatic N) is 5. The van der Waals surface area contributed by atoms with Crippen LogP contribution in [-0.4, -0.2) is 55.3 Å². The molecule has 4 heterocycles. The molecule has 1 aromatic carbocycles. The Labute approximate surface area is 175 Å². The fraction of sp³-hybridized carbons (Fsp3) is 0.348. The number of aromatic nitrogens is 4. The fourth-order valence-corrected chi connectivity index (χ4v) is 4.28. The van der Waals surface area contributed by atoms with Crippen LogP contribution in [0.5, 0.6) is 0 Å². The van der Waals surface area contributed by atoms with Gasteiger partial charge in [-0.15, -0.1) is 10.2 Å². The van der Waals surface area contributed by atoms with Gasteiger partial charge in [0.25, 0.3) is 0 Å². The van der Waals surface area contributed by atoms with E-state index in [4.69, 9.17) is 10.7 Å². The molecule has 3 N–H and O–H groups in total. The second-order valence-corrected chi connectivity index (χ2v) is 8.13. The van der Waals surface area contributed by atoms with Crippen molar-refractivity contribution in [2.45, 2.75) is 31.8 Å². The van der Waals surface area contributed by atoms with E-state index >= 15 is 0 Å². The van der Waals surface area contributed by atoms with Gasteiger partial charge in [-0.25, -0.2) is 4.98 Å². The maximum atomic E-state index is 9.23. The number of nitrogens with two attached hydrogens (primary N) is 1. The standard InChI is InChI=1S/C23H26N6O/c1-15(28-10-8-19(24)14-28)18-5-7-22-26-27-23(29(22)13-18)20-6-4-17-3-2-16(9-11-30)12-21(17)25-20/h2-7,12-13,15,19,30H,8-11,14,24H2,1H3/t15-,19-/m0/s1. The highest BCUT2D eigenvalue weighted by molar-refractivity contribution is 5.81. The second kappa shape index (κ2) is 7.75. The van der Waals surface area contributed by atoms with E-state index in [9.17, 15) is 5.11 Å². The Bertz CT molecular complexity index is 1200. The maximum Gasteiger partial charge on any atom is 0.187 e. The molecule has 4 aromatic rings. The minimum Gasteiger partial charge on any atom is -0.396 e. The van der Waals surface area contributed by atoms with Gasteiger partial charge in [-0.05, 0) is 49.1 Å². The van der Waals surface area contributed by atoms with Crippen molar-refractivity contribution in [3.05, 3.63) is 59.8 Å². The lowest BCUT2D eigenvalue weighted by Crippen LogP contribution is -2.28. The van der Waals surface area contributed by atoms with Crippen LogP contribution in [0.2, 0.25) is 0 Å². The fourth-order valence-electron chi connectivity index (χ4n) is 4.28. The van der Waals surface area contributed by atoms with Gasteiger partial charge in [0.15, 0.2) is 11.5 Å². The summed E-state index contributed by atoms with van der Waals surface area (Å²) in [6, 6.07) is 14.8. The molecule has 154 valence electrons. The first-order chi connectivity index (χ1) is 14.6. The predicted molar refractivity (Wildman–Crippen MR) is 117 cm³/mol. The second-order valence-electron chi connectivity index (χ2n) is 8.13. The van der Waals surface area contributed by atoms with Crippen molar-refractivity contribution >= 4 is 16.6 Å². The molecule has 0 radical (unpaired) electrons. The Kier molecular flexibility index (Phi) is 4.94. The zero-order valence-corrected chi connectivity index (χ0v) is 17.1. The van der Waals surface area contributed by atoms with Gasteiger partial charge in [-0.1, -0.05) is 24.3 Å². The third-order valence-corrected chi connectivity index (χ3v) is 6.10. The molecule has 1 aliphatic rings. The quantitative estimate of drug-likeness (QED) is 0.533. The lowest BCUT2D eigenvalue weighted by Gasteiger charge is -2.24. The van der Waals surface area contributed by atoms with Crippen LogP contribution in [0.25, 0.3) is 28.1 Å². The first kappa shape index (κ1) is 19.1. The lowest BCUT2D eigenvalue weighted by molar-refractivity contribution is 0.259. The van der Waals surface area contributed by atoms with Crippen LogP contribution in [0, 0.1) is 0 Å². The highest BCUT2D eigenvalue weighted by Gasteiger charge is 2.25. The first-order valence-electron chi connectivity index (χ1n) is 10.5. The Morgan fingerprint density at radius 3 is 2.83 bits per heavy atom. The molecule has 5 rings (SSSR count). The van der Waals surface area contributed by atoms with Crippen molar-refractivity contribution in [1.82, 2.24) is 24.5 Å². The largest absolute Gasteiger partial charge is 0.396 e. The maximum absolute atomic E-state index is 9.23. The third kappa shape index (κ3) is 3.45. The Morgan fingerprint density at radius 1 is 1.17 bits per heavy atom. The summed E-state index contributed by atoms with van der Waals surface area (Å²) in [5.74, 6) is 0.728. The Balaban J connectivity index is 1.54. The molecule has 3 aromatic heterocycles. The minimum absolute atomic E-state index is 0.128. The van der Waals surface area contributed by atoms with E-state index in [1.54, 1.807) is 0 Å². The molecule has 0 unspecified atom stereocenters. The van der Waals surface area contributed by atoms with Crippen LogP contribution in [0.1, 0.15) is 30.5 Å². The van der Waals surface area contributed by atoms with Crippen molar-refractivity contribution in [2.75, 3.05) is 19.7 Å². The molecule has 2 atom stereocenters. The zero-order chi connectivity index (χ0) is 20.7. The molecule has 0 spiro atoms. The molecule has 7 heteroatoms. The van der Waals surface area contributed by atoms with E-state index in [1.165, 1.54) is 5.56 Å². The van der Waals surface area contributed by atoms with Gasteiger partial charge in [0.1, 0.15) is 5.69 Å². The molecule has 1 fully saturated rings. The van der Waals surface area contributed by atoms with Crippen molar-refractivity contribution < 1.29 is 5.11 Å². The van der Waals surface area contributed by atoms with E-state index in [2.05, 4.69) is 40.4 Å². The highest BCUT2D eigenvalue weighted by atomic mass is 16.2.